The molecule has 0 fully saturated rings. The molecule has 0 aliphatic heterocycles. The van der Waals surface area contributed by atoms with Gasteiger partial charge in [-0.1, -0.05) is 18.2 Å². The molecule has 0 saturated carbocycles. The minimum absolute atomic E-state index is 0.245. The summed E-state index contributed by atoms with van der Waals surface area (Å²) in [5.74, 6) is 0.245. The zero-order valence-corrected chi connectivity index (χ0v) is 10.2. The third kappa shape index (κ3) is 1.95. The fourth-order valence-corrected chi connectivity index (χ4v) is 2.15. The van der Waals surface area contributed by atoms with E-state index in [9.17, 15) is 10.1 Å². The van der Waals surface area contributed by atoms with Gasteiger partial charge in [-0.2, -0.15) is 0 Å². The predicted molar refractivity (Wildman–Crippen MR) is 71.6 cm³/mol. The summed E-state index contributed by atoms with van der Waals surface area (Å²) in [6, 6.07) is 13.0. The summed E-state index contributed by atoms with van der Waals surface area (Å²) in [6.45, 7) is 1.79. The second kappa shape index (κ2) is 4.20. The summed E-state index contributed by atoms with van der Waals surface area (Å²) < 4.78 is 0. The Kier molecular flexibility index (Phi) is 2.52. The van der Waals surface area contributed by atoms with Crippen LogP contribution in [0.15, 0.2) is 42.5 Å². The lowest BCUT2D eigenvalue weighted by Gasteiger charge is -2.08. The molecule has 5 heteroatoms. The highest BCUT2D eigenvalue weighted by atomic mass is 17.0. The van der Waals surface area contributed by atoms with E-state index in [1.807, 2.05) is 30.3 Å². The van der Waals surface area contributed by atoms with Crippen molar-refractivity contribution in [3.8, 4) is 5.75 Å². The molecule has 5 nitrogen and oxygen atoms in total. The van der Waals surface area contributed by atoms with Crippen LogP contribution in [0.25, 0.3) is 21.8 Å². The van der Waals surface area contributed by atoms with Gasteiger partial charge in [0.25, 0.3) is 5.09 Å². The number of hydrogen-bond acceptors (Lipinski definition) is 4. The van der Waals surface area contributed by atoms with Crippen molar-refractivity contribution in [2.24, 2.45) is 0 Å². The first kappa shape index (κ1) is 11.4. The molecule has 2 aromatic carbocycles. The minimum Gasteiger partial charge on any atom is -0.276 e. The largest absolute Gasteiger partial charge is 0.299 e. The van der Waals surface area contributed by atoms with Crippen LogP contribution in [0.5, 0.6) is 5.75 Å². The molecule has 3 rings (SSSR count). The summed E-state index contributed by atoms with van der Waals surface area (Å²) in [5, 5.41) is 11.5. The van der Waals surface area contributed by atoms with Crippen LogP contribution in [0.4, 0.5) is 0 Å². The van der Waals surface area contributed by atoms with Gasteiger partial charge in [0, 0.05) is 10.8 Å². The van der Waals surface area contributed by atoms with E-state index in [0.717, 1.165) is 21.8 Å². The maximum absolute atomic E-state index is 10.4. The smallest absolute Gasteiger partial charge is 0.276 e. The number of aryl methyl sites for hydroxylation is 1. The van der Waals surface area contributed by atoms with Gasteiger partial charge < -0.3 is 0 Å². The Morgan fingerprint density at radius 2 is 1.95 bits per heavy atom. The Morgan fingerprint density at radius 3 is 2.74 bits per heavy atom. The molecule has 1 heterocycles. The van der Waals surface area contributed by atoms with E-state index < -0.39 is 5.09 Å². The van der Waals surface area contributed by atoms with Gasteiger partial charge in [0.05, 0.1) is 11.0 Å². The van der Waals surface area contributed by atoms with Crippen molar-refractivity contribution >= 4 is 21.8 Å². The molecule has 0 N–H and O–H groups in total. The number of benzene rings is 2. The zero-order chi connectivity index (χ0) is 13.4. The van der Waals surface area contributed by atoms with E-state index in [1.54, 1.807) is 19.1 Å². The average Bonchev–Trinajstić information content (AvgIpc) is 2.40. The van der Waals surface area contributed by atoms with Gasteiger partial charge in [0.2, 0.25) is 0 Å². The number of rotatable bonds is 2. The molecule has 19 heavy (non-hydrogen) atoms. The van der Waals surface area contributed by atoms with E-state index in [2.05, 4.69) is 9.82 Å². The van der Waals surface area contributed by atoms with Crippen molar-refractivity contribution in [1.82, 2.24) is 4.98 Å². The second-order valence-electron chi connectivity index (χ2n) is 4.25. The van der Waals surface area contributed by atoms with Crippen molar-refractivity contribution < 1.29 is 9.92 Å². The summed E-state index contributed by atoms with van der Waals surface area (Å²) in [4.78, 5) is 19.5. The summed E-state index contributed by atoms with van der Waals surface area (Å²) in [7, 11) is 0. The molecular weight excluding hydrogens is 244 g/mol. The number of hydrogen-bond donors (Lipinski definition) is 0. The quantitative estimate of drug-likeness (QED) is 0.400. The van der Waals surface area contributed by atoms with Crippen LogP contribution < -0.4 is 4.84 Å². The molecule has 1 aromatic heterocycles. The van der Waals surface area contributed by atoms with Crippen LogP contribution >= 0.6 is 0 Å². The van der Waals surface area contributed by atoms with Crippen LogP contribution in [0.3, 0.4) is 0 Å². The Morgan fingerprint density at radius 1 is 1.16 bits per heavy atom. The third-order valence-electron chi connectivity index (χ3n) is 3.09. The van der Waals surface area contributed by atoms with Crippen molar-refractivity contribution in [2.75, 3.05) is 0 Å². The van der Waals surface area contributed by atoms with Gasteiger partial charge in [-0.05, 0) is 36.8 Å². The molecule has 3 aromatic rings. The van der Waals surface area contributed by atoms with E-state index in [4.69, 9.17) is 0 Å². The second-order valence-corrected chi connectivity index (χ2v) is 4.25. The van der Waals surface area contributed by atoms with Crippen LogP contribution in [-0.2, 0) is 0 Å². The molecule has 0 amide bonds. The lowest BCUT2D eigenvalue weighted by Crippen LogP contribution is -2.04. The topological polar surface area (TPSA) is 65.3 Å². The number of para-hydroxylation sites is 1. The van der Waals surface area contributed by atoms with E-state index >= 15 is 0 Å². The molecule has 0 aliphatic rings. The number of nitrogens with zero attached hydrogens (tertiary/aromatic N) is 2. The van der Waals surface area contributed by atoms with Crippen LogP contribution in [0.1, 0.15) is 5.56 Å². The third-order valence-corrected chi connectivity index (χ3v) is 3.09. The molecular formula is C14H10N2O3. The first-order valence-electron chi connectivity index (χ1n) is 5.76. The normalized spacial score (nSPS) is 10.8. The fourth-order valence-electron chi connectivity index (χ4n) is 2.15. The molecule has 0 atom stereocenters. The highest BCUT2D eigenvalue weighted by Gasteiger charge is 2.09. The summed E-state index contributed by atoms with van der Waals surface area (Å²) in [5.41, 5.74) is 2.41. The number of aromatic nitrogens is 1. The Bertz CT molecular complexity index is 799. The SMILES string of the molecule is Cc1c(O[N+](=O)[O-])ccc2nc3ccccc3cc12. The maximum atomic E-state index is 10.4. The molecule has 0 bridgehead atoms. The van der Waals surface area contributed by atoms with Gasteiger partial charge in [-0.3, -0.25) is 4.84 Å². The van der Waals surface area contributed by atoms with Crippen LogP contribution in [-0.4, -0.2) is 10.1 Å². The lowest BCUT2D eigenvalue weighted by molar-refractivity contribution is -0.711. The summed E-state index contributed by atoms with van der Waals surface area (Å²) >= 11 is 0. The van der Waals surface area contributed by atoms with Gasteiger partial charge >= 0.3 is 0 Å². The Balaban J connectivity index is 2.29. The van der Waals surface area contributed by atoms with Gasteiger partial charge in [0.1, 0.15) is 5.75 Å². The monoisotopic (exact) mass is 254 g/mol. The van der Waals surface area contributed by atoms with Crippen molar-refractivity contribution in [3.63, 3.8) is 0 Å². The molecule has 0 unspecified atom stereocenters. The van der Waals surface area contributed by atoms with Crippen LogP contribution in [0.2, 0.25) is 0 Å². The first-order valence-corrected chi connectivity index (χ1v) is 5.76. The minimum atomic E-state index is -0.803. The van der Waals surface area contributed by atoms with Crippen molar-refractivity contribution in [2.45, 2.75) is 6.92 Å². The number of fused-ring (bicyclic) bond motifs is 2. The highest BCUT2D eigenvalue weighted by Crippen LogP contribution is 2.28. The highest BCUT2D eigenvalue weighted by molar-refractivity contribution is 5.95. The van der Waals surface area contributed by atoms with Gasteiger partial charge in [0.15, 0.2) is 0 Å². The lowest BCUT2D eigenvalue weighted by atomic mass is 10.1. The van der Waals surface area contributed by atoms with Crippen molar-refractivity contribution in [3.05, 3.63) is 58.1 Å². The van der Waals surface area contributed by atoms with E-state index in [0.29, 0.717) is 5.56 Å². The molecule has 94 valence electrons. The van der Waals surface area contributed by atoms with Gasteiger partial charge in [-0.25, -0.2) is 4.98 Å². The first-order chi connectivity index (χ1) is 9.15. The fraction of sp³-hybridized carbons (Fsp3) is 0.0714. The number of pyridine rings is 1. The van der Waals surface area contributed by atoms with E-state index in [1.165, 1.54) is 0 Å². The van der Waals surface area contributed by atoms with E-state index in [-0.39, 0.29) is 5.75 Å². The molecule has 0 radical (unpaired) electrons. The molecule has 0 saturated heterocycles. The van der Waals surface area contributed by atoms with Gasteiger partial charge in [-0.15, -0.1) is 10.1 Å². The standard InChI is InChI=1S/C14H10N2O3/c1-9-11-8-10-4-2-3-5-12(10)15-13(11)6-7-14(9)19-16(17)18/h2-8H,1H3. The predicted octanol–water partition coefficient (Wildman–Crippen LogP) is 3.27. The maximum Gasteiger partial charge on any atom is 0.299 e. The Hall–Kier alpha value is -2.69. The summed E-state index contributed by atoms with van der Waals surface area (Å²) in [6.07, 6.45) is 0. The van der Waals surface area contributed by atoms with Crippen LogP contribution in [0, 0.1) is 17.0 Å². The zero-order valence-electron chi connectivity index (χ0n) is 10.2. The van der Waals surface area contributed by atoms with Crippen molar-refractivity contribution in [1.29, 1.82) is 0 Å². The molecule has 0 spiro atoms. The average molecular weight is 254 g/mol. The Labute approximate surface area is 108 Å². The molecule has 0 aliphatic carbocycles.